The molecule has 1 fully saturated rings. The molecule has 1 aliphatic rings. The molecule has 0 aliphatic carbocycles. The summed E-state index contributed by atoms with van der Waals surface area (Å²) in [5, 5.41) is 0. The van der Waals surface area contributed by atoms with Crippen molar-refractivity contribution in [2.24, 2.45) is 0 Å². The van der Waals surface area contributed by atoms with E-state index in [0.29, 0.717) is 0 Å². The molecular weight excluding hydrogens is 213 g/mol. The molecule has 2 rings (SSSR count). The summed E-state index contributed by atoms with van der Waals surface area (Å²) in [6, 6.07) is 5.99. The van der Waals surface area contributed by atoms with Gasteiger partial charge in [-0.25, -0.2) is 0 Å². The summed E-state index contributed by atoms with van der Waals surface area (Å²) < 4.78 is 11.9. The van der Waals surface area contributed by atoms with E-state index in [1.165, 1.54) is 0 Å². The minimum atomic E-state index is -0.355. The number of pyridine rings is 1. The van der Waals surface area contributed by atoms with Crippen LogP contribution in [-0.2, 0) is 15.7 Å². The fourth-order valence-electron chi connectivity index (χ4n) is 1.79. The van der Waals surface area contributed by atoms with Gasteiger partial charge in [-0.2, -0.15) is 0 Å². The third-order valence-corrected chi connectivity index (χ3v) is 3.69. The quantitative estimate of drug-likeness (QED) is 0.731. The number of hydrogen-bond donors (Lipinski definition) is 0. The third kappa shape index (κ3) is 2.24. The van der Waals surface area contributed by atoms with E-state index >= 15 is 0 Å². The van der Waals surface area contributed by atoms with Crippen molar-refractivity contribution in [1.82, 2.24) is 4.98 Å². The highest BCUT2D eigenvalue weighted by Crippen LogP contribution is 2.36. The first-order valence-electron chi connectivity index (χ1n) is 6.17. The molecular formula is C13H20BNO2. The Morgan fingerprint density at radius 2 is 1.71 bits per heavy atom. The van der Waals surface area contributed by atoms with Gasteiger partial charge < -0.3 is 9.31 Å². The molecule has 1 aromatic rings. The first-order chi connectivity index (χ1) is 7.86. The van der Waals surface area contributed by atoms with Crippen molar-refractivity contribution in [1.29, 1.82) is 0 Å². The lowest BCUT2D eigenvalue weighted by atomic mass is 9.84. The first-order valence-corrected chi connectivity index (χ1v) is 6.17. The van der Waals surface area contributed by atoms with E-state index < -0.39 is 0 Å². The van der Waals surface area contributed by atoms with Crippen LogP contribution >= 0.6 is 0 Å². The Balaban J connectivity index is 2.25. The van der Waals surface area contributed by atoms with Gasteiger partial charge in [-0.05, 0) is 46.2 Å². The Hall–Kier alpha value is -0.865. The van der Waals surface area contributed by atoms with Crippen LogP contribution in [0.5, 0.6) is 0 Å². The van der Waals surface area contributed by atoms with Crippen molar-refractivity contribution >= 4 is 12.7 Å². The van der Waals surface area contributed by atoms with Crippen LogP contribution in [0.2, 0.25) is 0 Å². The molecule has 0 radical (unpaired) electrons. The smallest absolute Gasteiger partial charge is 0.398 e. The molecule has 1 aromatic heterocycles. The molecule has 0 amide bonds. The van der Waals surface area contributed by atoms with Gasteiger partial charge in [0.1, 0.15) is 0 Å². The van der Waals surface area contributed by atoms with Gasteiger partial charge >= 0.3 is 7.12 Å². The van der Waals surface area contributed by atoms with E-state index in [0.717, 1.165) is 17.7 Å². The zero-order valence-corrected chi connectivity index (χ0v) is 11.3. The van der Waals surface area contributed by atoms with Crippen LogP contribution < -0.4 is 5.59 Å². The lowest BCUT2D eigenvalue weighted by Crippen LogP contribution is -2.41. The zero-order valence-electron chi connectivity index (χ0n) is 11.3. The maximum absolute atomic E-state index is 5.96. The van der Waals surface area contributed by atoms with E-state index in [4.69, 9.17) is 9.31 Å². The topological polar surface area (TPSA) is 31.4 Å². The third-order valence-electron chi connectivity index (χ3n) is 3.69. The number of hydrogen-bond acceptors (Lipinski definition) is 3. The Morgan fingerprint density at radius 1 is 1.12 bits per heavy atom. The van der Waals surface area contributed by atoms with E-state index in [-0.39, 0.29) is 18.3 Å². The van der Waals surface area contributed by atoms with Gasteiger partial charge in [-0.1, -0.05) is 13.0 Å². The van der Waals surface area contributed by atoms with Crippen LogP contribution in [0.15, 0.2) is 18.2 Å². The highest BCUT2D eigenvalue weighted by atomic mass is 16.7. The molecule has 3 nitrogen and oxygen atoms in total. The average molecular weight is 233 g/mol. The van der Waals surface area contributed by atoms with Gasteiger partial charge in [-0.3, -0.25) is 4.98 Å². The minimum absolute atomic E-state index is 0.304. The molecule has 0 saturated carbocycles. The summed E-state index contributed by atoms with van der Waals surface area (Å²) in [5.41, 5.74) is 1.32. The van der Waals surface area contributed by atoms with Crippen molar-refractivity contribution in [2.45, 2.75) is 52.2 Å². The monoisotopic (exact) mass is 233 g/mol. The maximum atomic E-state index is 5.96. The van der Waals surface area contributed by atoms with E-state index in [2.05, 4.69) is 39.6 Å². The standard InChI is InChI=1S/C13H20BNO2/c1-6-10-8-7-9-11(15-10)14-16-12(2,3)13(4,5)17-14/h7-9H,6H2,1-5H3. The molecule has 0 aromatic carbocycles. The zero-order chi connectivity index (χ0) is 12.7. The second-order valence-electron chi connectivity index (χ2n) is 5.50. The fraction of sp³-hybridized carbons (Fsp3) is 0.615. The highest BCUT2D eigenvalue weighted by molar-refractivity contribution is 6.61. The number of aryl methyl sites for hydroxylation is 1. The lowest BCUT2D eigenvalue weighted by Gasteiger charge is -2.32. The van der Waals surface area contributed by atoms with Gasteiger partial charge in [0.2, 0.25) is 0 Å². The largest absolute Gasteiger partial charge is 0.514 e. The maximum Gasteiger partial charge on any atom is 0.514 e. The molecule has 0 atom stereocenters. The SMILES string of the molecule is CCc1cccc(B2OC(C)(C)C(C)(C)O2)n1. The van der Waals surface area contributed by atoms with E-state index in [1.807, 2.05) is 18.2 Å². The fourth-order valence-corrected chi connectivity index (χ4v) is 1.79. The van der Waals surface area contributed by atoms with Gasteiger partial charge in [-0.15, -0.1) is 0 Å². The molecule has 1 saturated heterocycles. The molecule has 92 valence electrons. The molecule has 0 unspecified atom stereocenters. The lowest BCUT2D eigenvalue weighted by molar-refractivity contribution is 0.00578. The Bertz CT molecular complexity index is 402. The van der Waals surface area contributed by atoms with Crippen molar-refractivity contribution in [3.05, 3.63) is 23.9 Å². The van der Waals surface area contributed by atoms with Crippen LogP contribution in [0.1, 0.15) is 40.3 Å². The molecule has 1 aliphatic heterocycles. The molecule has 0 N–H and O–H groups in total. The molecule has 2 heterocycles. The molecule has 4 heteroatoms. The van der Waals surface area contributed by atoms with E-state index in [1.54, 1.807) is 0 Å². The Labute approximate surface area is 104 Å². The normalized spacial score (nSPS) is 21.8. The molecule has 17 heavy (non-hydrogen) atoms. The summed E-state index contributed by atoms with van der Waals surface area (Å²) in [6.45, 7) is 10.3. The van der Waals surface area contributed by atoms with Crippen LogP contribution in [0.4, 0.5) is 0 Å². The average Bonchev–Trinajstić information content (AvgIpc) is 2.48. The van der Waals surface area contributed by atoms with Crippen molar-refractivity contribution < 1.29 is 9.31 Å². The predicted octanol–water partition coefficient (Wildman–Crippen LogP) is 1.94. The minimum Gasteiger partial charge on any atom is -0.398 e. The first kappa shape index (κ1) is 12.6. The van der Waals surface area contributed by atoms with Gasteiger partial charge in [0.25, 0.3) is 0 Å². The number of aromatic nitrogens is 1. The summed E-state index contributed by atoms with van der Waals surface area (Å²) in [7, 11) is -0.355. The number of nitrogens with zero attached hydrogens (tertiary/aromatic N) is 1. The van der Waals surface area contributed by atoms with Gasteiger partial charge in [0.05, 0.1) is 16.8 Å². The molecule has 0 bridgehead atoms. The van der Waals surface area contributed by atoms with Gasteiger partial charge in [0, 0.05) is 5.69 Å². The molecule has 0 spiro atoms. The summed E-state index contributed by atoms with van der Waals surface area (Å²) in [4.78, 5) is 4.55. The summed E-state index contributed by atoms with van der Waals surface area (Å²) in [6.07, 6.45) is 0.924. The van der Waals surface area contributed by atoms with Crippen LogP contribution in [0.3, 0.4) is 0 Å². The summed E-state index contributed by atoms with van der Waals surface area (Å²) in [5.74, 6) is 0. The number of rotatable bonds is 2. The van der Waals surface area contributed by atoms with Crippen molar-refractivity contribution in [3.8, 4) is 0 Å². The van der Waals surface area contributed by atoms with Crippen molar-refractivity contribution in [2.75, 3.05) is 0 Å². The van der Waals surface area contributed by atoms with Crippen LogP contribution in [0.25, 0.3) is 0 Å². The van der Waals surface area contributed by atoms with Crippen LogP contribution in [0, 0.1) is 0 Å². The van der Waals surface area contributed by atoms with Crippen molar-refractivity contribution in [3.63, 3.8) is 0 Å². The van der Waals surface area contributed by atoms with Gasteiger partial charge in [0.15, 0.2) is 0 Å². The van der Waals surface area contributed by atoms with Crippen LogP contribution in [-0.4, -0.2) is 23.3 Å². The van der Waals surface area contributed by atoms with E-state index in [9.17, 15) is 0 Å². The Morgan fingerprint density at radius 3 is 2.24 bits per heavy atom. The summed E-state index contributed by atoms with van der Waals surface area (Å²) >= 11 is 0. The Kier molecular flexibility index (Phi) is 3.04. The second-order valence-corrected chi connectivity index (χ2v) is 5.50. The highest BCUT2D eigenvalue weighted by Gasteiger charge is 2.52. The predicted molar refractivity (Wildman–Crippen MR) is 69.3 cm³/mol. The second kappa shape index (κ2) is 4.11.